The van der Waals surface area contributed by atoms with Gasteiger partial charge < -0.3 is 4.98 Å². The normalized spacial score (nSPS) is 10.9. The van der Waals surface area contributed by atoms with Crippen LogP contribution in [0.2, 0.25) is 0 Å². The molecule has 0 fully saturated rings. The van der Waals surface area contributed by atoms with Crippen molar-refractivity contribution in [3.63, 3.8) is 0 Å². The molecule has 0 saturated carbocycles. The summed E-state index contributed by atoms with van der Waals surface area (Å²) in [5.41, 5.74) is 1.14. The first kappa shape index (κ1) is 10.8. The van der Waals surface area contributed by atoms with Gasteiger partial charge in [0.15, 0.2) is 0 Å². The van der Waals surface area contributed by atoms with E-state index in [0.717, 1.165) is 20.2 Å². The van der Waals surface area contributed by atoms with E-state index in [9.17, 15) is 0 Å². The van der Waals surface area contributed by atoms with Crippen LogP contribution in [-0.4, -0.2) is 15.0 Å². The van der Waals surface area contributed by atoms with Crippen molar-refractivity contribution in [1.29, 1.82) is 0 Å². The van der Waals surface area contributed by atoms with E-state index in [4.69, 9.17) is 0 Å². The number of fused-ring (bicyclic) bond motifs is 1. The maximum Gasteiger partial charge on any atom is 0.118 e. The van der Waals surface area contributed by atoms with E-state index in [1.54, 1.807) is 18.1 Å². The Morgan fingerprint density at radius 2 is 2.00 bits per heavy atom. The van der Waals surface area contributed by atoms with E-state index in [2.05, 4.69) is 49.1 Å². The summed E-state index contributed by atoms with van der Waals surface area (Å²) < 4.78 is 0.797. The number of para-hydroxylation sites is 1. The SMILES string of the molecule is Brc1cc(Sc2cc3ccccc3[nH]2)ncn1. The zero-order valence-electron chi connectivity index (χ0n) is 8.72. The van der Waals surface area contributed by atoms with Gasteiger partial charge in [0.05, 0.1) is 5.03 Å². The molecule has 0 bridgehead atoms. The number of aromatic amines is 1. The van der Waals surface area contributed by atoms with Gasteiger partial charge in [0.2, 0.25) is 0 Å². The molecule has 0 unspecified atom stereocenters. The predicted octanol–water partition coefficient (Wildman–Crippen LogP) is 3.87. The van der Waals surface area contributed by atoms with E-state index < -0.39 is 0 Å². The molecule has 84 valence electrons. The van der Waals surface area contributed by atoms with Crippen molar-refractivity contribution >= 4 is 38.6 Å². The molecule has 0 aliphatic rings. The van der Waals surface area contributed by atoms with E-state index in [-0.39, 0.29) is 0 Å². The minimum Gasteiger partial charge on any atom is -0.349 e. The number of nitrogens with zero attached hydrogens (tertiary/aromatic N) is 2. The van der Waals surface area contributed by atoms with Crippen molar-refractivity contribution in [2.75, 3.05) is 0 Å². The van der Waals surface area contributed by atoms with E-state index in [1.165, 1.54) is 5.39 Å². The highest BCUT2D eigenvalue weighted by Crippen LogP contribution is 2.28. The third-order valence-electron chi connectivity index (χ3n) is 2.33. The second kappa shape index (κ2) is 4.50. The Balaban J connectivity index is 1.94. The van der Waals surface area contributed by atoms with E-state index in [0.29, 0.717) is 0 Å². The van der Waals surface area contributed by atoms with Crippen LogP contribution in [0.25, 0.3) is 10.9 Å². The molecule has 0 aliphatic carbocycles. The average molecular weight is 306 g/mol. The maximum absolute atomic E-state index is 4.21. The van der Waals surface area contributed by atoms with Crippen molar-refractivity contribution in [1.82, 2.24) is 15.0 Å². The number of aromatic nitrogens is 3. The third-order valence-corrected chi connectivity index (χ3v) is 3.63. The summed E-state index contributed by atoms with van der Waals surface area (Å²) in [7, 11) is 0. The highest BCUT2D eigenvalue weighted by atomic mass is 79.9. The van der Waals surface area contributed by atoms with Crippen molar-refractivity contribution in [2.45, 2.75) is 10.1 Å². The Labute approximate surface area is 111 Å². The summed E-state index contributed by atoms with van der Waals surface area (Å²) in [6, 6.07) is 12.2. The first-order chi connectivity index (χ1) is 8.31. The van der Waals surface area contributed by atoms with Crippen molar-refractivity contribution < 1.29 is 0 Å². The Kier molecular flexibility index (Phi) is 2.86. The van der Waals surface area contributed by atoms with E-state index >= 15 is 0 Å². The van der Waals surface area contributed by atoms with Crippen LogP contribution in [0, 0.1) is 0 Å². The first-order valence-corrected chi connectivity index (χ1v) is 6.65. The maximum atomic E-state index is 4.21. The largest absolute Gasteiger partial charge is 0.349 e. The van der Waals surface area contributed by atoms with Gasteiger partial charge in [-0.25, -0.2) is 9.97 Å². The molecule has 5 heteroatoms. The highest BCUT2D eigenvalue weighted by Gasteiger charge is 2.03. The van der Waals surface area contributed by atoms with Crippen molar-refractivity contribution in [2.24, 2.45) is 0 Å². The Morgan fingerprint density at radius 1 is 1.12 bits per heavy atom. The smallest absolute Gasteiger partial charge is 0.118 e. The van der Waals surface area contributed by atoms with Crippen LogP contribution >= 0.6 is 27.7 Å². The zero-order chi connectivity index (χ0) is 11.7. The van der Waals surface area contributed by atoms with Gasteiger partial charge >= 0.3 is 0 Å². The molecule has 2 aromatic heterocycles. The van der Waals surface area contributed by atoms with Gasteiger partial charge in [-0.15, -0.1) is 0 Å². The lowest BCUT2D eigenvalue weighted by molar-refractivity contribution is 1.02. The topological polar surface area (TPSA) is 41.6 Å². The number of nitrogens with one attached hydrogen (secondary N) is 1. The quantitative estimate of drug-likeness (QED) is 0.731. The molecule has 0 saturated heterocycles. The Morgan fingerprint density at radius 3 is 2.82 bits per heavy atom. The molecule has 0 atom stereocenters. The second-order valence-electron chi connectivity index (χ2n) is 3.50. The minimum atomic E-state index is 0.797. The number of H-pyrrole nitrogens is 1. The van der Waals surface area contributed by atoms with Gasteiger partial charge in [-0.2, -0.15) is 0 Å². The summed E-state index contributed by atoms with van der Waals surface area (Å²) in [6.45, 7) is 0. The molecule has 1 aromatic carbocycles. The third kappa shape index (κ3) is 2.35. The summed E-state index contributed by atoms with van der Waals surface area (Å²) >= 11 is 4.93. The monoisotopic (exact) mass is 305 g/mol. The molecule has 0 spiro atoms. The van der Waals surface area contributed by atoms with Crippen molar-refractivity contribution in [3.05, 3.63) is 47.3 Å². The number of halogens is 1. The molecule has 2 heterocycles. The van der Waals surface area contributed by atoms with Gasteiger partial charge in [0.1, 0.15) is 16.0 Å². The Bertz CT molecular complexity index is 632. The second-order valence-corrected chi connectivity index (χ2v) is 5.38. The lowest BCUT2D eigenvalue weighted by atomic mass is 10.3. The van der Waals surface area contributed by atoms with Crippen LogP contribution in [0.4, 0.5) is 0 Å². The highest BCUT2D eigenvalue weighted by molar-refractivity contribution is 9.10. The van der Waals surface area contributed by atoms with Crippen LogP contribution in [0.1, 0.15) is 0 Å². The lowest BCUT2D eigenvalue weighted by Crippen LogP contribution is -1.82. The number of hydrogen-bond donors (Lipinski definition) is 1. The molecular weight excluding hydrogens is 298 g/mol. The molecule has 3 aromatic rings. The zero-order valence-corrected chi connectivity index (χ0v) is 11.1. The van der Waals surface area contributed by atoms with Crippen molar-refractivity contribution in [3.8, 4) is 0 Å². The molecule has 3 rings (SSSR count). The molecule has 3 nitrogen and oxygen atoms in total. The Hall–Kier alpha value is -1.33. The van der Waals surface area contributed by atoms with Crippen LogP contribution in [0.5, 0.6) is 0 Å². The van der Waals surface area contributed by atoms with E-state index in [1.807, 2.05) is 18.2 Å². The summed E-state index contributed by atoms with van der Waals surface area (Å²) in [6.07, 6.45) is 1.55. The van der Waals surface area contributed by atoms with Crippen LogP contribution in [-0.2, 0) is 0 Å². The van der Waals surface area contributed by atoms with Gasteiger partial charge in [-0.3, -0.25) is 0 Å². The number of rotatable bonds is 2. The fourth-order valence-corrected chi connectivity index (χ4v) is 2.89. The predicted molar refractivity (Wildman–Crippen MR) is 72.2 cm³/mol. The van der Waals surface area contributed by atoms with Crippen LogP contribution in [0.15, 0.2) is 57.4 Å². The first-order valence-electron chi connectivity index (χ1n) is 5.04. The summed E-state index contributed by atoms with van der Waals surface area (Å²) in [4.78, 5) is 11.6. The van der Waals surface area contributed by atoms with Crippen LogP contribution < -0.4 is 0 Å². The molecule has 0 radical (unpaired) electrons. The summed E-state index contributed by atoms with van der Waals surface area (Å²) in [5.74, 6) is 0. The molecule has 1 N–H and O–H groups in total. The average Bonchev–Trinajstić information content (AvgIpc) is 2.71. The number of benzene rings is 1. The molecule has 0 amide bonds. The lowest BCUT2D eigenvalue weighted by Gasteiger charge is -1.97. The standard InChI is InChI=1S/C12H8BrN3S/c13-10-6-11(15-7-14-10)17-12-5-8-3-1-2-4-9(8)16-12/h1-7,16H. The molecule has 0 aliphatic heterocycles. The van der Waals surface area contributed by atoms with Gasteiger partial charge in [0, 0.05) is 17.0 Å². The van der Waals surface area contributed by atoms with Crippen LogP contribution in [0.3, 0.4) is 0 Å². The minimum absolute atomic E-state index is 0.797. The fraction of sp³-hybridized carbons (Fsp3) is 0. The van der Waals surface area contributed by atoms with Gasteiger partial charge in [0.25, 0.3) is 0 Å². The van der Waals surface area contributed by atoms with Gasteiger partial charge in [-0.1, -0.05) is 30.0 Å². The summed E-state index contributed by atoms with van der Waals surface area (Å²) in [5, 5.41) is 3.21. The number of hydrogen-bond acceptors (Lipinski definition) is 3. The molecule has 17 heavy (non-hydrogen) atoms. The molecular formula is C12H8BrN3S. The fourth-order valence-electron chi connectivity index (χ4n) is 1.59. The van der Waals surface area contributed by atoms with Gasteiger partial charge in [-0.05, 0) is 28.1 Å².